The highest BCUT2D eigenvalue weighted by Crippen LogP contribution is 2.29. The highest BCUT2D eigenvalue weighted by Gasteiger charge is 2.24. The third-order valence-electron chi connectivity index (χ3n) is 3.95. The molecule has 2 heterocycles. The Hall–Kier alpha value is -3.48. The standard InChI is InChI=1S/C18H12FN3O3/c19-13-7-3-1-5-11(13)16-12-6-2-4-8-14(12)22-10-21-17(25-18(23)24)15(22)9-20-16/h1-8,10H,9H2,(H,23,24). The second-order valence-corrected chi connectivity index (χ2v) is 5.40. The molecule has 0 fully saturated rings. The maximum atomic E-state index is 14.3. The lowest BCUT2D eigenvalue weighted by Crippen LogP contribution is -2.08. The van der Waals surface area contributed by atoms with E-state index in [0.717, 1.165) is 11.3 Å². The minimum atomic E-state index is -1.45. The quantitative estimate of drug-likeness (QED) is 0.727. The molecule has 2 aromatic carbocycles. The van der Waals surface area contributed by atoms with E-state index in [1.54, 1.807) is 22.8 Å². The summed E-state index contributed by atoms with van der Waals surface area (Å²) in [4.78, 5) is 19.4. The van der Waals surface area contributed by atoms with Gasteiger partial charge in [-0.05, 0) is 18.2 Å². The molecule has 1 aliphatic heterocycles. The first-order chi connectivity index (χ1) is 12.1. The van der Waals surface area contributed by atoms with E-state index in [1.165, 1.54) is 12.4 Å². The predicted molar refractivity (Wildman–Crippen MR) is 88.0 cm³/mol. The van der Waals surface area contributed by atoms with E-state index in [0.29, 0.717) is 17.0 Å². The van der Waals surface area contributed by atoms with Gasteiger partial charge in [0.15, 0.2) is 0 Å². The summed E-state index contributed by atoms with van der Waals surface area (Å²) >= 11 is 0. The summed E-state index contributed by atoms with van der Waals surface area (Å²) < 4.78 is 20.7. The molecule has 124 valence electrons. The smallest absolute Gasteiger partial charge is 0.449 e. The summed E-state index contributed by atoms with van der Waals surface area (Å²) in [6, 6.07) is 13.8. The van der Waals surface area contributed by atoms with Crippen molar-refractivity contribution in [2.75, 3.05) is 0 Å². The van der Waals surface area contributed by atoms with Gasteiger partial charge in [0.2, 0.25) is 5.88 Å². The molecular weight excluding hydrogens is 325 g/mol. The van der Waals surface area contributed by atoms with Crippen LogP contribution in [-0.2, 0) is 6.54 Å². The van der Waals surface area contributed by atoms with Gasteiger partial charge in [-0.1, -0.05) is 30.3 Å². The Morgan fingerprint density at radius 2 is 1.84 bits per heavy atom. The van der Waals surface area contributed by atoms with Crippen molar-refractivity contribution in [3.8, 4) is 11.6 Å². The molecule has 6 nitrogen and oxygen atoms in total. The number of aliphatic imine (C=N–C) groups is 1. The molecular formula is C18H12FN3O3. The zero-order chi connectivity index (χ0) is 17.4. The van der Waals surface area contributed by atoms with E-state index in [-0.39, 0.29) is 18.2 Å². The topological polar surface area (TPSA) is 76.7 Å². The molecule has 0 atom stereocenters. The van der Waals surface area contributed by atoms with Crippen molar-refractivity contribution in [1.29, 1.82) is 0 Å². The first kappa shape index (κ1) is 15.1. The molecule has 0 unspecified atom stereocenters. The van der Waals surface area contributed by atoms with Gasteiger partial charge in [-0.15, -0.1) is 0 Å². The molecule has 1 aromatic heterocycles. The maximum Gasteiger partial charge on any atom is 0.512 e. The number of carboxylic acid groups (broad SMARTS) is 1. The van der Waals surface area contributed by atoms with Gasteiger partial charge < -0.3 is 9.84 Å². The second kappa shape index (κ2) is 5.86. The van der Waals surface area contributed by atoms with Crippen LogP contribution in [0.5, 0.6) is 5.88 Å². The number of benzene rings is 2. The van der Waals surface area contributed by atoms with E-state index >= 15 is 0 Å². The van der Waals surface area contributed by atoms with E-state index in [2.05, 4.69) is 9.98 Å². The van der Waals surface area contributed by atoms with Crippen molar-refractivity contribution in [1.82, 2.24) is 9.55 Å². The summed E-state index contributed by atoms with van der Waals surface area (Å²) in [5, 5.41) is 8.86. The first-order valence-corrected chi connectivity index (χ1v) is 7.51. The van der Waals surface area contributed by atoms with E-state index < -0.39 is 6.16 Å². The van der Waals surface area contributed by atoms with Gasteiger partial charge in [0.1, 0.15) is 17.8 Å². The number of aromatic nitrogens is 2. The van der Waals surface area contributed by atoms with Crippen LogP contribution in [0.15, 0.2) is 59.9 Å². The monoisotopic (exact) mass is 337 g/mol. The number of nitrogens with zero attached hydrogens (tertiary/aromatic N) is 3. The summed E-state index contributed by atoms with van der Waals surface area (Å²) in [5.74, 6) is -0.399. The van der Waals surface area contributed by atoms with Crippen LogP contribution in [0.2, 0.25) is 0 Å². The fourth-order valence-electron chi connectivity index (χ4n) is 2.88. The van der Waals surface area contributed by atoms with Crippen molar-refractivity contribution in [3.63, 3.8) is 0 Å². The van der Waals surface area contributed by atoms with Crippen LogP contribution in [0.3, 0.4) is 0 Å². The molecule has 4 rings (SSSR count). The average molecular weight is 337 g/mol. The van der Waals surface area contributed by atoms with Gasteiger partial charge in [-0.3, -0.25) is 9.56 Å². The number of hydrogen-bond donors (Lipinski definition) is 1. The third kappa shape index (κ3) is 2.55. The number of rotatable bonds is 2. The molecule has 7 heteroatoms. The lowest BCUT2D eigenvalue weighted by atomic mass is 10.00. The number of halogens is 1. The summed E-state index contributed by atoms with van der Waals surface area (Å²) in [5.41, 5.74) is 2.82. The van der Waals surface area contributed by atoms with Crippen molar-refractivity contribution in [2.24, 2.45) is 4.99 Å². The van der Waals surface area contributed by atoms with Gasteiger partial charge in [0, 0.05) is 11.1 Å². The van der Waals surface area contributed by atoms with Crippen LogP contribution in [-0.4, -0.2) is 26.5 Å². The average Bonchev–Trinajstić information content (AvgIpc) is 2.91. The van der Waals surface area contributed by atoms with Crippen molar-refractivity contribution in [3.05, 3.63) is 77.5 Å². The Morgan fingerprint density at radius 3 is 2.60 bits per heavy atom. The summed E-state index contributed by atoms with van der Waals surface area (Å²) in [7, 11) is 0. The Bertz CT molecular complexity index is 1010. The lowest BCUT2D eigenvalue weighted by molar-refractivity contribution is 0.142. The zero-order valence-electron chi connectivity index (χ0n) is 12.9. The first-order valence-electron chi connectivity index (χ1n) is 7.51. The number of fused-ring (bicyclic) bond motifs is 3. The number of carbonyl (C=O) groups is 1. The molecule has 0 saturated heterocycles. The molecule has 0 aliphatic carbocycles. The summed E-state index contributed by atoms with van der Waals surface area (Å²) in [6.45, 7) is 0.112. The third-order valence-corrected chi connectivity index (χ3v) is 3.95. The fraction of sp³-hybridized carbons (Fsp3) is 0.0556. The zero-order valence-corrected chi connectivity index (χ0v) is 12.9. The van der Waals surface area contributed by atoms with Gasteiger partial charge in [0.05, 0.1) is 17.9 Å². The number of hydrogen-bond acceptors (Lipinski definition) is 4. The Morgan fingerprint density at radius 1 is 1.12 bits per heavy atom. The predicted octanol–water partition coefficient (Wildman–Crippen LogP) is 3.42. The molecule has 3 aromatic rings. The van der Waals surface area contributed by atoms with Crippen molar-refractivity contribution in [2.45, 2.75) is 6.54 Å². The minimum Gasteiger partial charge on any atom is -0.449 e. The Labute approximate surface area is 141 Å². The van der Waals surface area contributed by atoms with Crippen LogP contribution in [0.1, 0.15) is 16.8 Å². The normalized spacial score (nSPS) is 12.6. The van der Waals surface area contributed by atoms with Crippen molar-refractivity contribution >= 4 is 11.9 Å². The van der Waals surface area contributed by atoms with Gasteiger partial charge in [-0.2, -0.15) is 0 Å². The fourth-order valence-corrected chi connectivity index (χ4v) is 2.88. The molecule has 25 heavy (non-hydrogen) atoms. The summed E-state index contributed by atoms with van der Waals surface area (Å²) in [6.07, 6.45) is 0.0315. The Balaban J connectivity index is 1.93. The van der Waals surface area contributed by atoms with E-state index in [1.807, 2.05) is 24.3 Å². The molecule has 0 saturated carbocycles. The highest BCUT2D eigenvalue weighted by molar-refractivity contribution is 6.15. The van der Waals surface area contributed by atoms with Gasteiger partial charge in [-0.25, -0.2) is 14.2 Å². The molecule has 0 amide bonds. The molecule has 1 aliphatic rings. The largest absolute Gasteiger partial charge is 0.512 e. The molecule has 1 N–H and O–H groups in total. The molecule has 0 spiro atoms. The van der Waals surface area contributed by atoms with Crippen LogP contribution in [0, 0.1) is 5.82 Å². The van der Waals surface area contributed by atoms with Gasteiger partial charge >= 0.3 is 6.16 Å². The van der Waals surface area contributed by atoms with Gasteiger partial charge in [0.25, 0.3) is 0 Å². The highest BCUT2D eigenvalue weighted by atomic mass is 19.1. The lowest BCUT2D eigenvalue weighted by Gasteiger charge is -2.11. The van der Waals surface area contributed by atoms with Crippen LogP contribution in [0.4, 0.5) is 9.18 Å². The molecule has 0 bridgehead atoms. The van der Waals surface area contributed by atoms with Crippen LogP contribution < -0.4 is 4.74 Å². The number of ether oxygens (including phenoxy) is 1. The number of para-hydroxylation sites is 1. The van der Waals surface area contributed by atoms with E-state index in [9.17, 15) is 9.18 Å². The van der Waals surface area contributed by atoms with Crippen LogP contribution >= 0.6 is 0 Å². The second-order valence-electron chi connectivity index (χ2n) is 5.40. The van der Waals surface area contributed by atoms with Crippen molar-refractivity contribution < 1.29 is 19.0 Å². The number of imidazole rings is 1. The SMILES string of the molecule is O=C(O)Oc1ncn2c1CN=C(c1ccccc1F)c1ccccc1-2. The molecule has 0 radical (unpaired) electrons. The maximum absolute atomic E-state index is 14.3. The Kier molecular flexibility index (Phi) is 3.53. The minimum absolute atomic E-state index is 0.0270. The van der Waals surface area contributed by atoms with Crippen LogP contribution in [0.25, 0.3) is 5.69 Å². The van der Waals surface area contributed by atoms with E-state index in [4.69, 9.17) is 9.84 Å².